The van der Waals surface area contributed by atoms with Crippen molar-refractivity contribution in [2.24, 2.45) is 0 Å². The highest BCUT2D eigenvalue weighted by Gasteiger charge is 2.16. The molecule has 0 aromatic heterocycles. The van der Waals surface area contributed by atoms with Crippen molar-refractivity contribution in [3.8, 4) is 0 Å². The summed E-state index contributed by atoms with van der Waals surface area (Å²) in [5.74, 6) is 0.959. The van der Waals surface area contributed by atoms with Crippen molar-refractivity contribution in [3.63, 3.8) is 0 Å². The van der Waals surface area contributed by atoms with Gasteiger partial charge in [-0.15, -0.1) is 11.8 Å². The molecule has 5 nitrogen and oxygen atoms in total. The Balaban J connectivity index is 1.57. The van der Waals surface area contributed by atoms with E-state index in [1.54, 1.807) is 12.1 Å². The maximum absolute atomic E-state index is 12.7. The number of carbonyl (C=O) groups excluding carboxylic acids is 1. The van der Waals surface area contributed by atoms with E-state index in [4.69, 9.17) is 0 Å². The van der Waals surface area contributed by atoms with Crippen molar-refractivity contribution in [2.75, 3.05) is 15.8 Å². The lowest BCUT2D eigenvalue weighted by Crippen LogP contribution is -2.16. The van der Waals surface area contributed by atoms with Gasteiger partial charge in [0.25, 0.3) is 10.0 Å². The zero-order chi connectivity index (χ0) is 22.4. The van der Waals surface area contributed by atoms with E-state index < -0.39 is 10.0 Å². The Kier molecular flexibility index (Phi) is 7.41. The Bertz CT molecular complexity index is 1150. The zero-order valence-electron chi connectivity index (χ0n) is 17.8. The molecule has 31 heavy (non-hydrogen) atoms. The van der Waals surface area contributed by atoms with Gasteiger partial charge in [-0.3, -0.25) is 9.52 Å². The molecule has 0 bridgehead atoms. The highest BCUT2D eigenvalue weighted by atomic mass is 32.2. The van der Waals surface area contributed by atoms with Crippen molar-refractivity contribution in [2.45, 2.75) is 31.4 Å². The first-order valence-electron chi connectivity index (χ1n) is 9.87. The number of thioether (sulfide) groups is 1. The lowest BCUT2D eigenvalue weighted by atomic mass is 10.1. The molecular formula is C24H26N2O3S2. The van der Waals surface area contributed by atoms with Gasteiger partial charge in [0.05, 0.1) is 16.3 Å². The monoisotopic (exact) mass is 454 g/mol. The summed E-state index contributed by atoms with van der Waals surface area (Å²) in [6.07, 6.45) is 0. The van der Waals surface area contributed by atoms with Gasteiger partial charge in [-0.2, -0.15) is 0 Å². The van der Waals surface area contributed by atoms with Crippen LogP contribution in [0, 0.1) is 20.8 Å². The number of para-hydroxylation sites is 1. The molecule has 2 N–H and O–H groups in total. The predicted molar refractivity (Wildman–Crippen MR) is 129 cm³/mol. The molecule has 0 heterocycles. The Morgan fingerprint density at radius 2 is 1.55 bits per heavy atom. The van der Waals surface area contributed by atoms with Crippen LogP contribution in [0.1, 0.15) is 22.3 Å². The van der Waals surface area contributed by atoms with Crippen molar-refractivity contribution in [3.05, 3.63) is 89.0 Å². The van der Waals surface area contributed by atoms with Crippen LogP contribution in [0.25, 0.3) is 0 Å². The fourth-order valence-electron chi connectivity index (χ4n) is 3.15. The van der Waals surface area contributed by atoms with Crippen molar-refractivity contribution in [1.29, 1.82) is 0 Å². The van der Waals surface area contributed by atoms with Crippen LogP contribution < -0.4 is 10.0 Å². The average Bonchev–Trinajstić information content (AvgIpc) is 2.71. The molecular weight excluding hydrogens is 428 g/mol. The van der Waals surface area contributed by atoms with E-state index >= 15 is 0 Å². The van der Waals surface area contributed by atoms with Gasteiger partial charge in [-0.25, -0.2) is 8.42 Å². The molecule has 1 amide bonds. The molecule has 7 heteroatoms. The first-order valence-corrected chi connectivity index (χ1v) is 12.5. The fraction of sp³-hybridized carbons (Fsp3) is 0.208. The number of amides is 1. The van der Waals surface area contributed by atoms with E-state index in [2.05, 4.69) is 16.1 Å². The van der Waals surface area contributed by atoms with Crippen molar-refractivity contribution >= 4 is 39.1 Å². The number of anilines is 2. The second-order valence-electron chi connectivity index (χ2n) is 7.43. The largest absolute Gasteiger partial charge is 0.325 e. The number of sulfonamides is 1. The van der Waals surface area contributed by atoms with Gasteiger partial charge in [-0.05, 0) is 61.7 Å². The highest BCUT2D eigenvalue weighted by Crippen LogP contribution is 2.24. The average molecular weight is 455 g/mol. The van der Waals surface area contributed by atoms with E-state index in [0.717, 1.165) is 16.9 Å². The van der Waals surface area contributed by atoms with Gasteiger partial charge < -0.3 is 5.32 Å². The smallest absolute Gasteiger partial charge is 0.261 e. The lowest BCUT2D eigenvalue weighted by molar-refractivity contribution is -0.113. The number of hydrogen-bond donors (Lipinski definition) is 2. The SMILES string of the molecule is Cc1cccc(CSCC(=O)Nc2ccc(S(=O)(=O)Nc3c(C)cccc3C)cc2)c1. The normalized spacial score (nSPS) is 11.2. The molecule has 0 unspecified atom stereocenters. The summed E-state index contributed by atoms with van der Waals surface area (Å²) in [6.45, 7) is 5.77. The number of nitrogens with one attached hydrogen (secondary N) is 2. The summed E-state index contributed by atoms with van der Waals surface area (Å²) in [6, 6.07) is 20.0. The molecule has 0 atom stereocenters. The third kappa shape index (κ3) is 6.35. The van der Waals surface area contributed by atoms with Crippen LogP contribution in [0.15, 0.2) is 71.6 Å². The summed E-state index contributed by atoms with van der Waals surface area (Å²) in [5, 5.41) is 2.81. The fourth-order valence-corrected chi connectivity index (χ4v) is 5.12. The third-order valence-corrected chi connectivity index (χ3v) is 7.12. The highest BCUT2D eigenvalue weighted by molar-refractivity contribution is 7.99. The summed E-state index contributed by atoms with van der Waals surface area (Å²) >= 11 is 1.54. The van der Waals surface area contributed by atoms with Gasteiger partial charge >= 0.3 is 0 Å². The summed E-state index contributed by atoms with van der Waals surface area (Å²) in [4.78, 5) is 12.3. The van der Waals surface area contributed by atoms with Gasteiger partial charge in [0.15, 0.2) is 0 Å². The molecule has 3 aromatic carbocycles. The maximum atomic E-state index is 12.7. The van der Waals surface area contributed by atoms with E-state index in [0.29, 0.717) is 17.1 Å². The predicted octanol–water partition coefficient (Wildman–Crippen LogP) is 5.28. The number of rotatable bonds is 8. The lowest BCUT2D eigenvalue weighted by Gasteiger charge is -2.13. The van der Waals surface area contributed by atoms with Gasteiger partial charge in [0.1, 0.15) is 0 Å². The Hall–Kier alpha value is -2.77. The molecule has 3 rings (SSSR count). The van der Waals surface area contributed by atoms with Crippen LogP contribution in [-0.2, 0) is 20.6 Å². The Morgan fingerprint density at radius 3 is 2.19 bits per heavy atom. The van der Waals surface area contributed by atoms with E-state index in [-0.39, 0.29) is 10.8 Å². The minimum atomic E-state index is -3.72. The van der Waals surface area contributed by atoms with E-state index in [1.165, 1.54) is 35.0 Å². The second kappa shape index (κ2) is 10.0. The summed E-state index contributed by atoms with van der Waals surface area (Å²) in [7, 11) is -3.72. The number of benzene rings is 3. The van der Waals surface area contributed by atoms with E-state index in [1.807, 2.05) is 57.2 Å². The second-order valence-corrected chi connectivity index (χ2v) is 10.1. The van der Waals surface area contributed by atoms with Crippen LogP contribution in [0.4, 0.5) is 11.4 Å². The maximum Gasteiger partial charge on any atom is 0.261 e. The third-order valence-electron chi connectivity index (χ3n) is 4.75. The van der Waals surface area contributed by atoms with Crippen LogP contribution in [0.3, 0.4) is 0 Å². The molecule has 0 aliphatic carbocycles. The van der Waals surface area contributed by atoms with Crippen molar-refractivity contribution < 1.29 is 13.2 Å². The molecule has 0 saturated heterocycles. The first-order chi connectivity index (χ1) is 14.7. The molecule has 0 spiro atoms. The van der Waals surface area contributed by atoms with Gasteiger partial charge in [0, 0.05) is 11.4 Å². The molecule has 0 aliphatic heterocycles. The molecule has 3 aromatic rings. The number of aryl methyl sites for hydroxylation is 3. The summed E-state index contributed by atoms with van der Waals surface area (Å²) < 4.78 is 28.1. The minimum Gasteiger partial charge on any atom is -0.325 e. The minimum absolute atomic E-state index is 0.123. The Morgan fingerprint density at radius 1 is 0.903 bits per heavy atom. The van der Waals surface area contributed by atoms with Gasteiger partial charge in [0.2, 0.25) is 5.91 Å². The van der Waals surface area contributed by atoms with Crippen LogP contribution >= 0.6 is 11.8 Å². The molecule has 0 saturated carbocycles. The number of carbonyl (C=O) groups is 1. The number of hydrogen-bond acceptors (Lipinski definition) is 4. The van der Waals surface area contributed by atoms with Crippen LogP contribution in [0.5, 0.6) is 0 Å². The Labute approximate surface area is 188 Å². The standard InChI is InChI=1S/C24H26N2O3S2/c1-17-6-4-9-20(14-17)15-30-16-23(27)25-21-10-12-22(13-11-21)31(28,29)26-24-18(2)7-5-8-19(24)3/h4-14,26H,15-16H2,1-3H3,(H,25,27). The quantitative estimate of drug-likeness (QED) is 0.485. The molecule has 0 fully saturated rings. The first kappa shape index (κ1) is 22.9. The molecule has 162 valence electrons. The van der Waals surface area contributed by atoms with E-state index in [9.17, 15) is 13.2 Å². The van der Waals surface area contributed by atoms with Crippen LogP contribution in [-0.4, -0.2) is 20.1 Å². The van der Waals surface area contributed by atoms with Crippen molar-refractivity contribution in [1.82, 2.24) is 0 Å². The van der Waals surface area contributed by atoms with Crippen LogP contribution in [0.2, 0.25) is 0 Å². The molecule has 0 aliphatic rings. The zero-order valence-corrected chi connectivity index (χ0v) is 19.4. The van der Waals surface area contributed by atoms with Gasteiger partial charge in [-0.1, -0.05) is 48.0 Å². The summed E-state index contributed by atoms with van der Waals surface area (Å²) in [5.41, 5.74) is 5.25. The molecule has 0 radical (unpaired) electrons. The topological polar surface area (TPSA) is 75.3 Å².